The molecule has 0 atom stereocenters. The van der Waals surface area contributed by atoms with Crippen molar-refractivity contribution in [2.45, 2.75) is 6.54 Å². The number of benzene rings is 1. The number of hydrogen-bond acceptors (Lipinski definition) is 2. The summed E-state index contributed by atoms with van der Waals surface area (Å²) in [5, 5.41) is 3.91. The maximum absolute atomic E-state index is 6.01. The van der Waals surface area contributed by atoms with Crippen molar-refractivity contribution in [3.8, 4) is 10.4 Å². The molecule has 1 nitrogen and oxygen atoms in total. The lowest BCUT2D eigenvalue weighted by Crippen LogP contribution is -2.02. The predicted octanol–water partition coefficient (Wildman–Crippen LogP) is 4.55. The van der Waals surface area contributed by atoms with E-state index in [1.807, 2.05) is 25.2 Å². The standard InChI is InChI=1S/C12H11BrClNS/c1-15-7-9-3-5-12(16-9)10-6-8(14)2-4-11(10)13/h2-6,15H,7H2,1H3. The van der Waals surface area contributed by atoms with Gasteiger partial charge in [-0.2, -0.15) is 0 Å². The van der Waals surface area contributed by atoms with E-state index in [1.54, 1.807) is 11.3 Å². The van der Waals surface area contributed by atoms with Crippen LogP contribution in [-0.2, 0) is 6.54 Å². The molecule has 0 bridgehead atoms. The van der Waals surface area contributed by atoms with Crippen molar-refractivity contribution >= 4 is 38.9 Å². The summed E-state index contributed by atoms with van der Waals surface area (Å²) in [4.78, 5) is 2.56. The third kappa shape index (κ3) is 2.66. The smallest absolute Gasteiger partial charge is 0.0413 e. The van der Waals surface area contributed by atoms with Crippen LogP contribution in [0.25, 0.3) is 10.4 Å². The summed E-state index contributed by atoms with van der Waals surface area (Å²) in [5.74, 6) is 0. The Kier molecular flexibility index (Phi) is 4.03. The fourth-order valence-electron chi connectivity index (χ4n) is 1.48. The molecule has 4 heteroatoms. The molecule has 1 heterocycles. The van der Waals surface area contributed by atoms with Gasteiger partial charge in [-0.15, -0.1) is 11.3 Å². The first-order chi connectivity index (χ1) is 7.70. The molecule has 1 N–H and O–H groups in total. The maximum Gasteiger partial charge on any atom is 0.0413 e. The van der Waals surface area contributed by atoms with Crippen LogP contribution in [-0.4, -0.2) is 7.05 Å². The van der Waals surface area contributed by atoms with E-state index in [1.165, 1.54) is 9.75 Å². The van der Waals surface area contributed by atoms with Crippen molar-refractivity contribution in [1.82, 2.24) is 5.32 Å². The zero-order valence-electron chi connectivity index (χ0n) is 8.76. The second-order valence-electron chi connectivity index (χ2n) is 3.42. The molecule has 84 valence electrons. The molecular formula is C12H11BrClNS. The van der Waals surface area contributed by atoms with Gasteiger partial charge in [0.15, 0.2) is 0 Å². The lowest BCUT2D eigenvalue weighted by Gasteiger charge is -2.02. The summed E-state index contributed by atoms with van der Waals surface area (Å²) in [6.07, 6.45) is 0. The lowest BCUT2D eigenvalue weighted by molar-refractivity contribution is 0.831. The number of halogens is 2. The zero-order chi connectivity index (χ0) is 11.5. The van der Waals surface area contributed by atoms with Gasteiger partial charge in [-0.3, -0.25) is 0 Å². The van der Waals surface area contributed by atoms with Gasteiger partial charge in [0.2, 0.25) is 0 Å². The van der Waals surface area contributed by atoms with Crippen molar-refractivity contribution in [2.75, 3.05) is 7.05 Å². The highest BCUT2D eigenvalue weighted by Gasteiger charge is 2.07. The number of nitrogens with one attached hydrogen (secondary N) is 1. The molecule has 1 aromatic carbocycles. The molecule has 16 heavy (non-hydrogen) atoms. The monoisotopic (exact) mass is 315 g/mol. The van der Waals surface area contributed by atoms with Crippen molar-refractivity contribution in [1.29, 1.82) is 0 Å². The summed E-state index contributed by atoms with van der Waals surface area (Å²) < 4.78 is 1.08. The highest BCUT2D eigenvalue weighted by molar-refractivity contribution is 9.10. The Morgan fingerprint density at radius 3 is 2.88 bits per heavy atom. The molecule has 0 aliphatic carbocycles. The van der Waals surface area contributed by atoms with Gasteiger partial charge >= 0.3 is 0 Å². The maximum atomic E-state index is 6.01. The Balaban J connectivity index is 2.38. The molecule has 1 aromatic heterocycles. The quantitative estimate of drug-likeness (QED) is 0.876. The fourth-order valence-corrected chi connectivity index (χ4v) is 3.29. The molecule has 0 amide bonds. The Hall–Kier alpha value is -0.350. The van der Waals surface area contributed by atoms with Crippen LogP contribution in [0, 0.1) is 0 Å². The van der Waals surface area contributed by atoms with E-state index < -0.39 is 0 Å². The first-order valence-corrected chi connectivity index (χ1v) is 6.88. The van der Waals surface area contributed by atoms with E-state index in [2.05, 4.69) is 33.4 Å². The second kappa shape index (κ2) is 5.32. The van der Waals surface area contributed by atoms with E-state index >= 15 is 0 Å². The van der Waals surface area contributed by atoms with Gasteiger partial charge in [0, 0.05) is 31.4 Å². The average Bonchev–Trinajstić information content (AvgIpc) is 2.71. The van der Waals surface area contributed by atoms with Crippen molar-refractivity contribution in [3.63, 3.8) is 0 Å². The van der Waals surface area contributed by atoms with Crippen LogP contribution in [0.5, 0.6) is 0 Å². The van der Waals surface area contributed by atoms with E-state index in [9.17, 15) is 0 Å². The number of rotatable bonds is 3. The van der Waals surface area contributed by atoms with E-state index in [4.69, 9.17) is 11.6 Å². The van der Waals surface area contributed by atoms with Crippen LogP contribution >= 0.6 is 38.9 Å². The number of hydrogen-bond donors (Lipinski definition) is 1. The van der Waals surface area contributed by atoms with Crippen molar-refractivity contribution in [2.24, 2.45) is 0 Å². The Morgan fingerprint density at radius 1 is 1.31 bits per heavy atom. The van der Waals surface area contributed by atoms with Gasteiger partial charge in [-0.05, 0) is 37.4 Å². The minimum absolute atomic E-state index is 0.766. The predicted molar refractivity (Wildman–Crippen MR) is 75.2 cm³/mol. The topological polar surface area (TPSA) is 12.0 Å². The molecule has 0 fully saturated rings. The van der Waals surface area contributed by atoms with Crippen LogP contribution in [0.4, 0.5) is 0 Å². The third-order valence-corrected chi connectivity index (χ3v) is 4.25. The van der Waals surface area contributed by atoms with Crippen LogP contribution in [0.3, 0.4) is 0 Å². The minimum atomic E-state index is 0.766. The molecule has 0 unspecified atom stereocenters. The first kappa shape index (κ1) is 12.1. The fraction of sp³-hybridized carbons (Fsp3) is 0.167. The summed E-state index contributed by atoms with van der Waals surface area (Å²) in [6, 6.07) is 10.1. The summed E-state index contributed by atoms with van der Waals surface area (Å²) >= 11 is 11.3. The summed E-state index contributed by atoms with van der Waals surface area (Å²) in [6.45, 7) is 0.906. The molecule has 2 rings (SSSR count). The van der Waals surface area contributed by atoms with Gasteiger partial charge in [0.25, 0.3) is 0 Å². The molecule has 0 aliphatic heterocycles. The molecule has 0 aliphatic rings. The van der Waals surface area contributed by atoms with Crippen LogP contribution in [0.15, 0.2) is 34.8 Å². The Morgan fingerprint density at radius 2 is 2.12 bits per heavy atom. The van der Waals surface area contributed by atoms with Crippen molar-refractivity contribution in [3.05, 3.63) is 44.7 Å². The highest BCUT2D eigenvalue weighted by Crippen LogP contribution is 2.35. The van der Waals surface area contributed by atoms with Gasteiger partial charge < -0.3 is 5.32 Å². The summed E-state index contributed by atoms with van der Waals surface area (Å²) in [5.41, 5.74) is 1.15. The van der Waals surface area contributed by atoms with Crippen molar-refractivity contribution < 1.29 is 0 Å². The zero-order valence-corrected chi connectivity index (χ0v) is 11.9. The van der Waals surface area contributed by atoms with E-state index in [0.717, 1.165) is 21.6 Å². The van der Waals surface area contributed by atoms with Crippen LogP contribution in [0.2, 0.25) is 5.02 Å². The van der Waals surface area contributed by atoms with Gasteiger partial charge in [-0.25, -0.2) is 0 Å². The molecule has 0 spiro atoms. The van der Waals surface area contributed by atoms with E-state index in [-0.39, 0.29) is 0 Å². The normalized spacial score (nSPS) is 10.7. The molecular weight excluding hydrogens is 306 g/mol. The molecule has 0 saturated carbocycles. The Labute approximate surface area is 113 Å². The SMILES string of the molecule is CNCc1ccc(-c2cc(Cl)ccc2Br)s1. The minimum Gasteiger partial charge on any atom is -0.315 e. The van der Waals surface area contributed by atoms with Gasteiger partial charge in [0.05, 0.1) is 0 Å². The Bertz CT molecular complexity index is 496. The van der Waals surface area contributed by atoms with Gasteiger partial charge in [-0.1, -0.05) is 27.5 Å². The van der Waals surface area contributed by atoms with Gasteiger partial charge in [0.1, 0.15) is 0 Å². The highest BCUT2D eigenvalue weighted by atomic mass is 79.9. The second-order valence-corrected chi connectivity index (χ2v) is 5.88. The van der Waals surface area contributed by atoms with Crippen LogP contribution in [0.1, 0.15) is 4.88 Å². The summed E-state index contributed by atoms with van der Waals surface area (Å²) in [7, 11) is 1.95. The molecule has 0 radical (unpaired) electrons. The average molecular weight is 317 g/mol. The largest absolute Gasteiger partial charge is 0.315 e. The molecule has 2 aromatic rings. The number of thiophene rings is 1. The lowest BCUT2D eigenvalue weighted by atomic mass is 10.2. The molecule has 0 saturated heterocycles. The third-order valence-electron chi connectivity index (χ3n) is 2.21. The van der Waals surface area contributed by atoms with E-state index in [0.29, 0.717) is 0 Å². The van der Waals surface area contributed by atoms with Crippen LogP contribution < -0.4 is 5.32 Å². The first-order valence-electron chi connectivity index (χ1n) is 4.89.